The maximum Gasteiger partial charge on any atom is 0.227 e. The molecule has 0 atom stereocenters. The average Bonchev–Trinajstić information content (AvgIpc) is 2.92. The molecule has 0 radical (unpaired) electrons. The molecule has 0 aliphatic rings. The Morgan fingerprint density at radius 1 is 1.05 bits per heavy atom. The molecular formula is C16H16N2O2. The minimum absolute atomic E-state index is 0.625. The van der Waals surface area contributed by atoms with Crippen LogP contribution in [-0.4, -0.2) is 18.1 Å². The van der Waals surface area contributed by atoms with Gasteiger partial charge < -0.3 is 14.9 Å². The zero-order chi connectivity index (χ0) is 13.8. The molecule has 0 aliphatic carbocycles. The third-order valence-electron chi connectivity index (χ3n) is 3.01. The topological polar surface area (TPSA) is 61.3 Å². The SMILES string of the molecule is NCCCOc1ccc(-c2nc3ccccc3o2)cc1. The van der Waals surface area contributed by atoms with Crippen LogP contribution in [0, 0.1) is 0 Å². The Labute approximate surface area is 117 Å². The van der Waals surface area contributed by atoms with Crippen LogP contribution >= 0.6 is 0 Å². The summed E-state index contributed by atoms with van der Waals surface area (Å²) >= 11 is 0. The minimum Gasteiger partial charge on any atom is -0.494 e. The molecule has 0 fully saturated rings. The second-order valence-electron chi connectivity index (χ2n) is 4.50. The third-order valence-corrected chi connectivity index (χ3v) is 3.01. The maximum absolute atomic E-state index is 5.72. The Balaban J connectivity index is 1.79. The van der Waals surface area contributed by atoms with Crippen LogP contribution in [0.3, 0.4) is 0 Å². The average molecular weight is 268 g/mol. The van der Waals surface area contributed by atoms with Crippen molar-refractivity contribution >= 4 is 11.1 Å². The van der Waals surface area contributed by atoms with Gasteiger partial charge in [-0.2, -0.15) is 0 Å². The first-order chi connectivity index (χ1) is 9.86. The van der Waals surface area contributed by atoms with Gasteiger partial charge in [0, 0.05) is 5.56 Å². The molecule has 1 heterocycles. The summed E-state index contributed by atoms with van der Waals surface area (Å²) in [5, 5.41) is 0. The Morgan fingerprint density at radius 2 is 1.85 bits per heavy atom. The molecule has 1 aromatic heterocycles. The molecule has 2 aromatic carbocycles. The molecule has 20 heavy (non-hydrogen) atoms. The summed E-state index contributed by atoms with van der Waals surface area (Å²) < 4.78 is 11.3. The van der Waals surface area contributed by atoms with Crippen molar-refractivity contribution in [3.63, 3.8) is 0 Å². The second kappa shape index (κ2) is 5.75. The summed E-state index contributed by atoms with van der Waals surface area (Å²) in [4.78, 5) is 4.46. The highest BCUT2D eigenvalue weighted by Crippen LogP contribution is 2.25. The number of fused-ring (bicyclic) bond motifs is 1. The maximum atomic E-state index is 5.72. The van der Waals surface area contributed by atoms with E-state index in [9.17, 15) is 0 Å². The van der Waals surface area contributed by atoms with E-state index in [4.69, 9.17) is 14.9 Å². The van der Waals surface area contributed by atoms with Crippen molar-refractivity contribution in [3.8, 4) is 17.2 Å². The second-order valence-corrected chi connectivity index (χ2v) is 4.50. The highest BCUT2D eigenvalue weighted by Gasteiger charge is 2.07. The zero-order valence-corrected chi connectivity index (χ0v) is 11.1. The molecule has 102 valence electrons. The predicted molar refractivity (Wildman–Crippen MR) is 78.6 cm³/mol. The van der Waals surface area contributed by atoms with Gasteiger partial charge in [-0.3, -0.25) is 0 Å². The molecule has 0 amide bonds. The number of oxazole rings is 1. The summed E-state index contributed by atoms with van der Waals surface area (Å²) in [7, 11) is 0. The summed E-state index contributed by atoms with van der Waals surface area (Å²) in [5.74, 6) is 1.46. The molecule has 3 rings (SSSR count). The van der Waals surface area contributed by atoms with E-state index in [0.717, 1.165) is 28.8 Å². The van der Waals surface area contributed by atoms with Gasteiger partial charge in [0.15, 0.2) is 5.58 Å². The van der Waals surface area contributed by atoms with Gasteiger partial charge in [-0.25, -0.2) is 4.98 Å². The standard InChI is InChI=1S/C16H16N2O2/c17-10-3-11-19-13-8-6-12(7-9-13)16-18-14-4-1-2-5-15(14)20-16/h1-2,4-9H,3,10-11,17H2. The third kappa shape index (κ3) is 2.65. The monoisotopic (exact) mass is 268 g/mol. The molecule has 4 heteroatoms. The Kier molecular flexibility index (Phi) is 3.65. The highest BCUT2D eigenvalue weighted by atomic mass is 16.5. The van der Waals surface area contributed by atoms with Crippen LogP contribution in [0.4, 0.5) is 0 Å². The van der Waals surface area contributed by atoms with Crippen molar-refractivity contribution < 1.29 is 9.15 Å². The van der Waals surface area contributed by atoms with Gasteiger partial charge in [-0.1, -0.05) is 12.1 Å². The van der Waals surface area contributed by atoms with Gasteiger partial charge in [0.1, 0.15) is 11.3 Å². The number of aromatic nitrogens is 1. The molecule has 2 N–H and O–H groups in total. The van der Waals surface area contributed by atoms with Crippen LogP contribution in [0.15, 0.2) is 52.9 Å². The molecule has 0 bridgehead atoms. The Hall–Kier alpha value is -2.33. The molecule has 4 nitrogen and oxygen atoms in total. The molecule has 0 unspecified atom stereocenters. The summed E-state index contributed by atoms with van der Waals surface area (Å²) in [5.41, 5.74) is 8.03. The molecule has 0 saturated carbocycles. The lowest BCUT2D eigenvalue weighted by Crippen LogP contribution is -2.05. The number of para-hydroxylation sites is 2. The first-order valence-electron chi connectivity index (χ1n) is 6.66. The van der Waals surface area contributed by atoms with E-state index < -0.39 is 0 Å². The number of nitrogens with zero attached hydrogens (tertiary/aromatic N) is 1. The minimum atomic E-state index is 0.625. The van der Waals surface area contributed by atoms with Crippen LogP contribution in [0.25, 0.3) is 22.6 Å². The first kappa shape index (κ1) is 12.7. The Morgan fingerprint density at radius 3 is 2.60 bits per heavy atom. The molecule has 3 aromatic rings. The normalized spacial score (nSPS) is 10.8. The van der Waals surface area contributed by atoms with E-state index in [-0.39, 0.29) is 0 Å². The number of ether oxygens (including phenoxy) is 1. The molecule has 0 saturated heterocycles. The van der Waals surface area contributed by atoms with E-state index in [2.05, 4.69) is 4.98 Å². The van der Waals surface area contributed by atoms with Crippen molar-refractivity contribution in [2.45, 2.75) is 6.42 Å². The number of hydrogen-bond donors (Lipinski definition) is 1. The summed E-state index contributed by atoms with van der Waals surface area (Å²) in [6.07, 6.45) is 0.854. The van der Waals surface area contributed by atoms with Crippen LogP contribution in [0.1, 0.15) is 6.42 Å². The number of hydrogen-bond acceptors (Lipinski definition) is 4. The van der Waals surface area contributed by atoms with Crippen molar-refractivity contribution in [1.29, 1.82) is 0 Å². The fraction of sp³-hybridized carbons (Fsp3) is 0.188. The van der Waals surface area contributed by atoms with Gasteiger partial charge in [0.05, 0.1) is 6.61 Å². The lowest BCUT2D eigenvalue weighted by Gasteiger charge is -2.05. The molecule has 0 spiro atoms. The molecular weight excluding hydrogens is 252 g/mol. The van der Waals surface area contributed by atoms with E-state index in [0.29, 0.717) is 19.0 Å². The van der Waals surface area contributed by atoms with E-state index in [1.165, 1.54) is 0 Å². The van der Waals surface area contributed by atoms with E-state index in [1.807, 2.05) is 48.5 Å². The van der Waals surface area contributed by atoms with E-state index >= 15 is 0 Å². The van der Waals surface area contributed by atoms with Crippen LogP contribution < -0.4 is 10.5 Å². The van der Waals surface area contributed by atoms with Crippen LogP contribution in [-0.2, 0) is 0 Å². The highest BCUT2D eigenvalue weighted by molar-refractivity contribution is 5.76. The van der Waals surface area contributed by atoms with Crippen molar-refractivity contribution in [1.82, 2.24) is 4.98 Å². The fourth-order valence-electron chi connectivity index (χ4n) is 1.96. The largest absolute Gasteiger partial charge is 0.494 e. The predicted octanol–water partition coefficient (Wildman–Crippen LogP) is 3.22. The van der Waals surface area contributed by atoms with Crippen LogP contribution in [0.2, 0.25) is 0 Å². The van der Waals surface area contributed by atoms with Gasteiger partial charge in [-0.05, 0) is 49.4 Å². The van der Waals surface area contributed by atoms with Gasteiger partial charge in [-0.15, -0.1) is 0 Å². The quantitative estimate of drug-likeness (QED) is 0.722. The Bertz CT molecular complexity index is 656. The fourth-order valence-corrected chi connectivity index (χ4v) is 1.96. The molecule has 0 aliphatic heterocycles. The first-order valence-corrected chi connectivity index (χ1v) is 6.66. The van der Waals surface area contributed by atoms with Gasteiger partial charge in [0.2, 0.25) is 5.89 Å². The lowest BCUT2D eigenvalue weighted by atomic mass is 10.2. The van der Waals surface area contributed by atoms with E-state index in [1.54, 1.807) is 0 Å². The zero-order valence-electron chi connectivity index (χ0n) is 11.1. The number of benzene rings is 2. The number of nitrogens with two attached hydrogens (primary N) is 1. The van der Waals surface area contributed by atoms with Gasteiger partial charge in [0.25, 0.3) is 0 Å². The van der Waals surface area contributed by atoms with Crippen molar-refractivity contribution in [2.75, 3.05) is 13.2 Å². The summed E-state index contributed by atoms with van der Waals surface area (Å²) in [6.45, 7) is 1.28. The number of rotatable bonds is 5. The van der Waals surface area contributed by atoms with Crippen LogP contribution in [0.5, 0.6) is 5.75 Å². The smallest absolute Gasteiger partial charge is 0.227 e. The van der Waals surface area contributed by atoms with Crippen molar-refractivity contribution in [3.05, 3.63) is 48.5 Å². The van der Waals surface area contributed by atoms with Crippen molar-refractivity contribution in [2.24, 2.45) is 5.73 Å². The lowest BCUT2D eigenvalue weighted by molar-refractivity contribution is 0.313. The summed E-state index contributed by atoms with van der Waals surface area (Å²) in [6, 6.07) is 15.5. The van der Waals surface area contributed by atoms with Gasteiger partial charge >= 0.3 is 0 Å².